The first-order valence-electron chi connectivity index (χ1n) is 9.14. The van der Waals surface area contributed by atoms with Gasteiger partial charge in [-0.05, 0) is 42.5 Å². The van der Waals surface area contributed by atoms with E-state index >= 15 is 0 Å². The summed E-state index contributed by atoms with van der Waals surface area (Å²) in [6.07, 6.45) is 3.92. The van der Waals surface area contributed by atoms with Gasteiger partial charge in [-0.15, -0.1) is 16.7 Å². The van der Waals surface area contributed by atoms with Crippen LogP contribution >= 0.6 is 11.6 Å². The summed E-state index contributed by atoms with van der Waals surface area (Å²) in [6, 6.07) is 8.20. The van der Waals surface area contributed by atoms with Crippen LogP contribution in [0.3, 0.4) is 0 Å². The molecule has 0 fully saturated rings. The molecule has 0 saturated carbocycles. The number of pyridine rings is 1. The topological polar surface area (TPSA) is 69.9 Å². The standard InChI is InChI=1S/C20H21ClN4O2/c1-3-27-20(26)9-15(13-5-4-12-6-7-16(21)14(12)8-13)17-10-18-19(11-22-17)25(2)24-23-18/h4-5,8,10-11,15-16H,3,6-7,9H2,1-2H3. The van der Waals surface area contributed by atoms with Crippen LogP contribution in [0.1, 0.15) is 53.4 Å². The van der Waals surface area contributed by atoms with Crippen LogP contribution in [-0.4, -0.2) is 32.6 Å². The monoisotopic (exact) mass is 384 g/mol. The highest BCUT2D eigenvalue weighted by molar-refractivity contribution is 6.21. The van der Waals surface area contributed by atoms with Crippen molar-refractivity contribution >= 4 is 28.6 Å². The maximum absolute atomic E-state index is 12.3. The minimum Gasteiger partial charge on any atom is -0.466 e. The van der Waals surface area contributed by atoms with E-state index in [9.17, 15) is 4.79 Å². The number of carbonyl (C=O) groups excluding carboxylic acids is 1. The summed E-state index contributed by atoms with van der Waals surface area (Å²) in [4.78, 5) is 16.9. The first kappa shape index (κ1) is 17.9. The Morgan fingerprint density at radius 2 is 2.26 bits per heavy atom. The van der Waals surface area contributed by atoms with Crippen molar-refractivity contribution < 1.29 is 9.53 Å². The molecule has 0 aliphatic heterocycles. The zero-order chi connectivity index (χ0) is 19.0. The van der Waals surface area contributed by atoms with Crippen molar-refractivity contribution in [2.75, 3.05) is 6.61 Å². The average Bonchev–Trinajstić information content (AvgIpc) is 3.22. The Bertz CT molecular complexity index is 1000. The van der Waals surface area contributed by atoms with Crippen molar-refractivity contribution in [3.05, 3.63) is 52.8 Å². The summed E-state index contributed by atoms with van der Waals surface area (Å²) in [5.74, 6) is -0.461. The minimum atomic E-state index is -0.244. The van der Waals surface area contributed by atoms with Gasteiger partial charge >= 0.3 is 5.97 Å². The third-order valence-corrected chi connectivity index (χ3v) is 5.58. The van der Waals surface area contributed by atoms with Gasteiger partial charge in [-0.1, -0.05) is 23.4 Å². The number of esters is 1. The van der Waals surface area contributed by atoms with Crippen molar-refractivity contribution in [2.45, 2.75) is 37.5 Å². The van der Waals surface area contributed by atoms with Crippen LogP contribution in [0.4, 0.5) is 0 Å². The lowest BCUT2D eigenvalue weighted by atomic mass is 9.89. The third kappa shape index (κ3) is 3.41. The molecule has 2 aromatic heterocycles. The summed E-state index contributed by atoms with van der Waals surface area (Å²) >= 11 is 6.47. The number of carbonyl (C=O) groups is 1. The van der Waals surface area contributed by atoms with Crippen molar-refractivity contribution in [1.82, 2.24) is 20.0 Å². The fraction of sp³-hybridized carbons (Fsp3) is 0.400. The molecule has 0 spiro atoms. The molecule has 0 radical (unpaired) electrons. The number of ether oxygens (including phenoxy) is 1. The summed E-state index contributed by atoms with van der Waals surface area (Å²) in [7, 11) is 1.83. The Balaban J connectivity index is 1.76. The van der Waals surface area contributed by atoms with E-state index in [1.165, 1.54) is 5.56 Å². The van der Waals surface area contributed by atoms with Crippen LogP contribution in [0.2, 0.25) is 0 Å². The van der Waals surface area contributed by atoms with Crippen LogP contribution < -0.4 is 0 Å². The molecule has 0 N–H and O–H groups in total. The van der Waals surface area contributed by atoms with Gasteiger partial charge in [0.05, 0.1) is 30.3 Å². The molecule has 2 atom stereocenters. The second-order valence-electron chi connectivity index (χ2n) is 6.84. The van der Waals surface area contributed by atoms with Gasteiger partial charge in [0.2, 0.25) is 0 Å². The zero-order valence-corrected chi connectivity index (χ0v) is 16.1. The predicted molar refractivity (Wildman–Crippen MR) is 103 cm³/mol. The van der Waals surface area contributed by atoms with Crippen molar-refractivity contribution in [3.63, 3.8) is 0 Å². The predicted octanol–water partition coefficient (Wildman–Crippen LogP) is 3.67. The maximum atomic E-state index is 12.3. The number of aromatic nitrogens is 4. The lowest BCUT2D eigenvalue weighted by Crippen LogP contribution is -2.13. The quantitative estimate of drug-likeness (QED) is 0.495. The van der Waals surface area contributed by atoms with Crippen molar-refractivity contribution in [2.24, 2.45) is 7.05 Å². The van der Waals surface area contributed by atoms with E-state index in [1.807, 2.05) is 20.0 Å². The number of rotatable bonds is 5. The molecule has 4 rings (SSSR count). The molecule has 140 valence electrons. The molecule has 3 aromatic rings. The fourth-order valence-electron chi connectivity index (χ4n) is 3.70. The van der Waals surface area contributed by atoms with Crippen molar-refractivity contribution in [1.29, 1.82) is 0 Å². The van der Waals surface area contributed by atoms with Gasteiger partial charge in [0.15, 0.2) is 0 Å². The second kappa shape index (κ2) is 7.27. The smallest absolute Gasteiger partial charge is 0.306 e. The number of fused-ring (bicyclic) bond motifs is 2. The second-order valence-corrected chi connectivity index (χ2v) is 7.36. The van der Waals surface area contributed by atoms with Crippen LogP contribution in [0.5, 0.6) is 0 Å². The van der Waals surface area contributed by atoms with Gasteiger partial charge in [-0.3, -0.25) is 9.78 Å². The molecule has 0 bridgehead atoms. The maximum Gasteiger partial charge on any atom is 0.306 e. The van der Waals surface area contributed by atoms with Gasteiger partial charge < -0.3 is 4.74 Å². The Kier molecular flexibility index (Phi) is 4.83. The number of hydrogen-bond donors (Lipinski definition) is 0. The van der Waals surface area contributed by atoms with Gasteiger partial charge in [-0.25, -0.2) is 4.68 Å². The van der Waals surface area contributed by atoms with Crippen LogP contribution in [0.25, 0.3) is 11.0 Å². The molecule has 2 heterocycles. The first-order chi connectivity index (χ1) is 13.1. The lowest BCUT2D eigenvalue weighted by Gasteiger charge is -2.18. The average molecular weight is 385 g/mol. The van der Waals surface area contributed by atoms with Crippen LogP contribution in [-0.2, 0) is 23.0 Å². The molecule has 0 saturated heterocycles. The highest BCUT2D eigenvalue weighted by atomic mass is 35.5. The Hall–Kier alpha value is -2.47. The molecule has 2 unspecified atom stereocenters. The van der Waals surface area contributed by atoms with Gasteiger partial charge in [0, 0.05) is 13.0 Å². The fourth-order valence-corrected chi connectivity index (χ4v) is 4.02. The summed E-state index contributed by atoms with van der Waals surface area (Å²) < 4.78 is 6.88. The Morgan fingerprint density at radius 1 is 1.41 bits per heavy atom. The number of nitrogens with zero attached hydrogens (tertiary/aromatic N) is 4. The summed E-state index contributed by atoms with van der Waals surface area (Å²) in [5.41, 5.74) is 5.84. The summed E-state index contributed by atoms with van der Waals surface area (Å²) in [6.45, 7) is 2.17. The molecule has 7 heteroatoms. The van der Waals surface area contributed by atoms with E-state index < -0.39 is 0 Å². The SMILES string of the molecule is CCOC(=O)CC(c1ccc2c(c1)C(Cl)CC2)c1cc2nnn(C)c2cn1. The Morgan fingerprint density at radius 3 is 3.07 bits per heavy atom. The molecule has 6 nitrogen and oxygen atoms in total. The molecular formula is C20H21ClN4O2. The Labute approximate surface area is 162 Å². The van der Waals surface area contributed by atoms with Crippen LogP contribution in [0, 0.1) is 0 Å². The van der Waals surface area contributed by atoms with Gasteiger partial charge in [0.25, 0.3) is 0 Å². The normalized spacial score (nSPS) is 17.1. The van der Waals surface area contributed by atoms with Crippen molar-refractivity contribution in [3.8, 4) is 0 Å². The number of benzene rings is 1. The van der Waals surface area contributed by atoms with Crippen LogP contribution in [0.15, 0.2) is 30.5 Å². The molecule has 1 aliphatic rings. The zero-order valence-electron chi connectivity index (χ0n) is 15.4. The van der Waals surface area contributed by atoms with E-state index in [2.05, 4.69) is 33.5 Å². The van der Waals surface area contributed by atoms with E-state index in [1.54, 1.807) is 10.9 Å². The van der Waals surface area contributed by atoms with Gasteiger partial charge in [0.1, 0.15) is 11.0 Å². The molecule has 27 heavy (non-hydrogen) atoms. The number of hydrogen-bond acceptors (Lipinski definition) is 5. The molecule has 1 aliphatic carbocycles. The summed E-state index contributed by atoms with van der Waals surface area (Å²) in [5, 5.41) is 8.24. The first-order valence-corrected chi connectivity index (χ1v) is 9.58. The third-order valence-electron chi connectivity index (χ3n) is 5.13. The largest absolute Gasteiger partial charge is 0.466 e. The molecular weight excluding hydrogens is 364 g/mol. The number of halogens is 1. The highest BCUT2D eigenvalue weighted by Gasteiger charge is 2.26. The van der Waals surface area contributed by atoms with E-state index in [-0.39, 0.29) is 23.7 Å². The molecule has 0 amide bonds. The highest BCUT2D eigenvalue weighted by Crippen LogP contribution is 2.39. The van der Waals surface area contributed by atoms with E-state index in [4.69, 9.17) is 16.3 Å². The number of aryl methyl sites for hydroxylation is 2. The lowest BCUT2D eigenvalue weighted by molar-refractivity contribution is -0.143. The van der Waals surface area contributed by atoms with Gasteiger partial charge in [-0.2, -0.15) is 0 Å². The number of alkyl halides is 1. The van der Waals surface area contributed by atoms with E-state index in [0.717, 1.165) is 40.7 Å². The minimum absolute atomic E-state index is 0.0265. The van der Waals surface area contributed by atoms with E-state index in [0.29, 0.717) is 6.61 Å². The molecule has 1 aromatic carbocycles.